The number of ketones is 1. The van der Waals surface area contributed by atoms with Gasteiger partial charge in [-0.2, -0.15) is 0 Å². The first kappa shape index (κ1) is 14.5. The van der Waals surface area contributed by atoms with Crippen molar-refractivity contribution in [2.24, 2.45) is 0 Å². The molecule has 1 aliphatic heterocycles. The van der Waals surface area contributed by atoms with Crippen molar-refractivity contribution < 1.29 is 4.79 Å². The van der Waals surface area contributed by atoms with E-state index in [2.05, 4.69) is 28.8 Å². The number of Topliss-reactive ketones (excluding diaryl/α,β-unsaturated/α-hetero) is 1. The number of hydrogen-bond acceptors (Lipinski definition) is 5. The van der Waals surface area contributed by atoms with E-state index in [1.807, 2.05) is 6.92 Å². The van der Waals surface area contributed by atoms with Gasteiger partial charge in [-0.1, -0.05) is 18.3 Å². The number of likely N-dealkylation sites (tertiary alicyclic amines) is 1. The number of carbonyl (C=O) groups excluding carboxylic acids is 1. The maximum Gasteiger partial charge on any atom is 0.186 e. The highest BCUT2D eigenvalue weighted by molar-refractivity contribution is 7.17. The molecule has 1 unspecified atom stereocenters. The normalized spacial score (nSPS) is 19.9. The Hall–Kier alpha value is -0.940. The van der Waals surface area contributed by atoms with Gasteiger partial charge in [0.15, 0.2) is 10.9 Å². The van der Waals surface area contributed by atoms with Crippen molar-refractivity contribution in [1.29, 1.82) is 0 Å². The second-order valence-electron chi connectivity index (χ2n) is 5.27. The van der Waals surface area contributed by atoms with E-state index < -0.39 is 0 Å². The molecule has 1 aromatic rings. The van der Waals surface area contributed by atoms with E-state index in [0.29, 0.717) is 6.04 Å². The average molecular weight is 281 g/mol. The molecule has 2 rings (SSSR count). The fourth-order valence-electron chi connectivity index (χ4n) is 2.78. The van der Waals surface area contributed by atoms with Crippen LogP contribution in [0.2, 0.25) is 0 Å². The van der Waals surface area contributed by atoms with E-state index in [9.17, 15) is 4.79 Å². The van der Waals surface area contributed by atoms with Gasteiger partial charge in [0.25, 0.3) is 0 Å². The van der Waals surface area contributed by atoms with Crippen molar-refractivity contribution in [1.82, 2.24) is 9.88 Å². The molecule has 4 nitrogen and oxygen atoms in total. The smallest absolute Gasteiger partial charge is 0.186 e. The lowest BCUT2D eigenvalue weighted by atomic mass is 10.2. The van der Waals surface area contributed by atoms with E-state index in [1.54, 1.807) is 6.92 Å². The summed E-state index contributed by atoms with van der Waals surface area (Å²) < 4.78 is 0. The number of nitrogens with zero attached hydrogens (tertiary/aromatic N) is 3. The van der Waals surface area contributed by atoms with Gasteiger partial charge in [0.2, 0.25) is 0 Å². The third-order valence-electron chi connectivity index (χ3n) is 3.82. The summed E-state index contributed by atoms with van der Waals surface area (Å²) in [6.45, 7) is 9.08. The Labute approximate surface area is 119 Å². The molecule has 1 aliphatic rings. The fraction of sp³-hybridized carbons (Fsp3) is 0.714. The summed E-state index contributed by atoms with van der Waals surface area (Å²) in [5.41, 5.74) is 0.859. The summed E-state index contributed by atoms with van der Waals surface area (Å²) in [6, 6.07) is 0.625. The van der Waals surface area contributed by atoms with Crippen molar-refractivity contribution in [3.8, 4) is 0 Å². The van der Waals surface area contributed by atoms with E-state index in [-0.39, 0.29) is 5.78 Å². The van der Waals surface area contributed by atoms with Crippen LogP contribution in [-0.2, 0) is 0 Å². The zero-order valence-electron chi connectivity index (χ0n) is 12.3. The zero-order valence-corrected chi connectivity index (χ0v) is 13.1. The minimum atomic E-state index is 0.116. The number of carbonyl (C=O) groups is 1. The highest BCUT2D eigenvalue weighted by Gasteiger charge is 2.25. The van der Waals surface area contributed by atoms with Gasteiger partial charge >= 0.3 is 0 Å². The van der Waals surface area contributed by atoms with Gasteiger partial charge in [-0.15, -0.1) is 0 Å². The molecule has 0 spiro atoms. The van der Waals surface area contributed by atoms with Gasteiger partial charge in [0, 0.05) is 26.6 Å². The minimum Gasteiger partial charge on any atom is -0.350 e. The molecule has 0 N–H and O–H groups in total. The Morgan fingerprint density at radius 1 is 1.58 bits per heavy atom. The molecular weight excluding hydrogens is 258 g/mol. The summed E-state index contributed by atoms with van der Waals surface area (Å²) in [5, 5.41) is 0.964. The predicted octanol–water partition coefficient (Wildman–Crippen LogP) is 2.57. The standard InChI is InChI=1S/C14H23N3OS/c1-5-17-8-6-7-12(17)9-16(4)14-15-10(2)13(19-14)11(3)18/h12H,5-9H2,1-4H3. The average Bonchev–Trinajstić information content (AvgIpc) is 2.95. The van der Waals surface area contributed by atoms with Crippen LogP contribution >= 0.6 is 11.3 Å². The third kappa shape index (κ3) is 3.15. The summed E-state index contributed by atoms with van der Waals surface area (Å²) in [6.07, 6.45) is 2.56. The fourth-order valence-corrected chi connectivity index (χ4v) is 3.72. The number of likely N-dealkylation sites (N-methyl/N-ethyl adjacent to an activating group) is 2. The van der Waals surface area contributed by atoms with Gasteiger partial charge in [-0.05, 0) is 32.9 Å². The Morgan fingerprint density at radius 3 is 2.89 bits per heavy atom. The van der Waals surface area contributed by atoms with Gasteiger partial charge in [0.1, 0.15) is 0 Å². The van der Waals surface area contributed by atoms with Crippen LogP contribution in [0.15, 0.2) is 0 Å². The SMILES string of the molecule is CCN1CCCC1CN(C)c1nc(C)c(C(C)=O)s1. The molecule has 1 aromatic heterocycles. The van der Waals surface area contributed by atoms with Crippen molar-refractivity contribution in [3.63, 3.8) is 0 Å². The molecule has 0 aromatic carbocycles. The first-order valence-corrected chi connectivity index (χ1v) is 7.78. The molecule has 0 radical (unpaired) electrons. The van der Waals surface area contributed by atoms with E-state index in [0.717, 1.165) is 28.8 Å². The van der Waals surface area contributed by atoms with Crippen molar-refractivity contribution in [2.45, 2.75) is 39.7 Å². The number of anilines is 1. The second kappa shape index (κ2) is 6.01. The first-order valence-electron chi connectivity index (χ1n) is 6.96. The van der Waals surface area contributed by atoms with Gasteiger partial charge in [-0.3, -0.25) is 9.69 Å². The lowest BCUT2D eigenvalue weighted by molar-refractivity contribution is 0.102. The van der Waals surface area contributed by atoms with E-state index in [4.69, 9.17) is 0 Å². The number of aryl methyl sites for hydroxylation is 1. The largest absolute Gasteiger partial charge is 0.350 e. The lowest BCUT2D eigenvalue weighted by Gasteiger charge is -2.27. The molecule has 1 saturated heterocycles. The Bertz CT molecular complexity index is 458. The zero-order chi connectivity index (χ0) is 14.0. The van der Waals surface area contributed by atoms with Crippen LogP contribution in [0.5, 0.6) is 0 Å². The minimum absolute atomic E-state index is 0.116. The second-order valence-corrected chi connectivity index (χ2v) is 6.25. The Morgan fingerprint density at radius 2 is 2.32 bits per heavy atom. The quantitative estimate of drug-likeness (QED) is 0.777. The number of thiazole rings is 1. The summed E-state index contributed by atoms with van der Waals surface area (Å²) >= 11 is 1.51. The van der Waals surface area contributed by atoms with Crippen LogP contribution in [0.1, 0.15) is 42.1 Å². The Kier molecular flexibility index (Phi) is 4.58. The van der Waals surface area contributed by atoms with Crippen LogP contribution < -0.4 is 4.90 Å². The van der Waals surface area contributed by atoms with Crippen molar-refractivity contribution in [3.05, 3.63) is 10.6 Å². The molecule has 1 fully saturated rings. The number of rotatable bonds is 5. The maximum absolute atomic E-state index is 11.5. The number of aromatic nitrogens is 1. The molecule has 0 bridgehead atoms. The summed E-state index contributed by atoms with van der Waals surface area (Å²) in [7, 11) is 2.08. The maximum atomic E-state index is 11.5. The monoisotopic (exact) mass is 281 g/mol. The van der Waals surface area contributed by atoms with Crippen LogP contribution in [0.4, 0.5) is 5.13 Å². The molecular formula is C14H23N3OS. The van der Waals surface area contributed by atoms with Crippen LogP contribution in [0.3, 0.4) is 0 Å². The molecule has 19 heavy (non-hydrogen) atoms. The molecule has 0 aliphatic carbocycles. The van der Waals surface area contributed by atoms with Gasteiger partial charge in [-0.25, -0.2) is 4.98 Å². The summed E-state index contributed by atoms with van der Waals surface area (Å²) in [4.78, 5) is 21.5. The highest BCUT2D eigenvalue weighted by atomic mass is 32.1. The lowest BCUT2D eigenvalue weighted by Crippen LogP contribution is -2.38. The molecule has 2 heterocycles. The Balaban J connectivity index is 2.05. The number of hydrogen-bond donors (Lipinski definition) is 0. The highest BCUT2D eigenvalue weighted by Crippen LogP contribution is 2.27. The van der Waals surface area contributed by atoms with E-state index >= 15 is 0 Å². The van der Waals surface area contributed by atoms with Crippen LogP contribution in [0.25, 0.3) is 0 Å². The molecule has 0 amide bonds. The predicted molar refractivity (Wildman–Crippen MR) is 80.4 cm³/mol. The van der Waals surface area contributed by atoms with Crippen LogP contribution in [-0.4, -0.2) is 48.4 Å². The van der Waals surface area contributed by atoms with Crippen molar-refractivity contribution in [2.75, 3.05) is 31.6 Å². The molecule has 0 saturated carbocycles. The molecule has 106 valence electrons. The topological polar surface area (TPSA) is 36.4 Å². The van der Waals surface area contributed by atoms with Gasteiger partial charge in [0.05, 0.1) is 10.6 Å². The first-order chi connectivity index (χ1) is 9.02. The van der Waals surface area contributed by atoms with Crippen molar-refractivity contribution >= 4 is 22.3 Å². The molecule has 5 heteroatoms. The van der Waals surface area contributed by atoms with E-state index in [1.165, 1.54) is 30.7 Å². The van der Waals surface area contributed by atoms with Gasteiger partial charge < -0.3 is 4.90 Å². The summed E-state index contributed by atoms with van der Waals surface area (Å²) in [5.74, 6) is 0.116. The third-order valence-corrected chi connectivity index (χ3v) is 5.19. The van der Waals surface area contributed by atoms with Crippen LogP contribution in [0, 0.1) is 6.92 Å². The molecule has 1 atom stereocenters.